The van der Waals surface area contributed by atoms with Gasteiger partial charge in [0.15, 0.2) is 0 Å². The molecule has 1 fully saturated rings. The lowest BCUT2D eigenvalue weighted by Gasteiger charge is -2.26. The van der Waals surface area contributed by atoms with Crippen LogP contribution in [0, 0.1) is 10.1 Å². The molecule has 10 nitrogen and oxygen atoms in total. The van der Waals surface area contributed by atoms with Crippen LogP contribution in [-0.2, 0) is 9.59 Å². The van der Waals surface area contributed by atoms with Crippen LogP contribution in [0.3, 0.4) is 0 Å². The number of imide groups is 2. The highest BCUT2D eigenvalue weighted by atomic mass is 16.6. The molecule has 10 heteroatoms. The molecule has 0 spiro atoms. The lowest BCUT2D eigenvalue weighted by atomic mass is 10.1. The number of hydrogen-bond donors (Lipinski definition) is 1. The largest absolute Gasteiger partial charge is 0.497 e. The Morgan fingerprint density at radius 3 is 2.44 bits per heavy atom. The SMILES string of the molecule is COc1ccc(N2C(=O)NC(=O)/C(=C/c3ccc(-c4ccccc4[N+](=O)[O-])o3)C2=O)cc1. The summed E-state index contributed by atoms with van der Waals surface area (Å²) in [6.45, 7) is 0. The van der Waals surface area contributed by atoms with Crippen molar-refractivity contribution in [2.24, 2.45) is 0 Å². The number of furan rings is 1. The average Bonchev–Trinajstić information content (AvgIpc) is 3.25. The molecule has 0 atom stereocenters. The number of nitro groups is 1. The highest BCUT2D eigenvalue weighted by Crippen LogP contribution is 2.32. The number of anilines is 1. The number of hydrogen-bond acceptors (Lipinski definition) is 7. The van der Waals surface area contributed by atoms with Crippen LogP contribution in [0.5, 0.6) is 5.75 Å². The predicted octanol–water partition coefficient (Wildman–Crippen LogP) is 3.53. The van der Waals surface area contributed by atoms with Crippen LogP contribution in [0.25, 0.3) is 17.4 Å². The number of amides is 4. The van der Waals surface area contributed by atoms with Crippen molar-refractivity contribution in [3.05, 3.63) is 82.1 Å². The van der Waals surface area contributed by atoms with Gasteiger partial charge in [0.05, 0.1) is 23.3 Å². The number of nitro benzene ring substituents is 1. The van der Waals surface area contributed by atoms with Crippen LogP contribution in [0.1, 0.15) is 5.76 Å². The van der Waals surface area contributed by atoms with Crippen LogP contribution in [0.15, 0.2) is 70.7 Å². The van der Waals surface area contributed by atoms with Crippen molar-refractivity contribution in [2.45, 2.75) is 0 Å². The number of urea groups is 1. The van der Waals surface area contributed by atoms with E-state index in [1.807, 2.05) is 0 Å². The minimum atomic E-state index is -0.887. The topological polar surface area (TPSA) is 132 Å². The zero-order valence-corrected chi connectivity index (χ0v) is 16.6. The molecule has 0 bridgehead atoms. The van der Waals surface area contributed by atoms with E-state index in [9.17, 15) is 24.5 Å². The van der Waals surface area contributed by atoms with Crippen molar-refractivity contribution in [3.63, 3.8) is 0 Å². The molecule has 0 radical (unpaired) electrons. The lowest BCUT2D eigenvalue weighted by molar-refractivity contribution is -0.384. The van der Waals surface area contributed by atoms with E-state index in [0.717, 1.165) is 4.90 Å². The Morgan fingerprint density at radius 1 is 1.03 bits per heavy atom. The van der Waals surface area contributed by atoms with Crippen LogP contribution in [0.2, 0.25) is 0 Å². The molecule has 32 heavy (non-hydrogen) atoms. The summed E-state index contributed by atoms with van der Waals surface area (Å²) < 4.78 is 10.7. The minimum Gasteiger partial charge on any atom is -0.497 e. The first-order valence-electron chi connectivity index (χ1n) is 9.28. The van der Waals surface area contributed by atoms with Crippen molar-refractivity contribution in [1.82, 2.24) is 5.32 Å². The maximum atomic E-state index is 12.9. The molecule has 0 aliphatic carbocycles. The van der Waals surface area contributed by atoms with Gasteiger partial charge < -0.3 is 9.15 Å². The number of rotatable bonds is 5. The van der Waals surface area contributed by atoms with E-state index in [4.69, 9.17) is 9.15 Å². The first kappa shape index (κ1) is 20.5. The second-order valence-electron chi connectivity index (χ2n) is 6.63. The average molecular weight is 433 g/mol. The number of carbonyl (C=O) groups is 3. The van der Waals surface area contributed by atoms with E-state index in [2.05, 4.69) is 5.32 Å². The normalized spacial score (nSPS) is 15.1. The quantitative estimate of drug-likeness (QED) is 0.282. The van der Waals surface area contributed by atoms with Crippen molar-refractivity contribution in [3.8, 4) is 17.1 Å². The second kappa shape index (κ2) is 8.19. The molecule has 1 aliphatic rings. The summed E-state index contributed by atoms with van der Waals surface area (Å²) in [6, 6.07) is 14.2. The molecular weight excluding hydrogens is 418 g/mol. The highest BCUT2D eigenvalue weighted by molar-refractivity contribution is 6.39. The smallest absolute Gasteiger partial charge is 0.335 e. The number of barbiturate groups is 1. The molecular formula is C22H15N3O7. The molecule has 1 aromatic heterocycles. The Morgan fingerprint density at radius 2 is 1.75 bits per heavy atom. The molecule has 0 saturated carbocycles. The zero-order valence-electron chi connectivity index (χ0n) is 16.6. The van der Waals surface area contributed by atoms with Gasteiger partial charge in [0.1, 0.15) is 22.8 Å². The van der Waals surface area contributed by atoms with Crippen LogP contribution in [-0.4, -0.2) is 29.9 Å². The number of benzene rings is 2. The van der Waals surface area contributed by atoms with E-state index in [1.165, 1.54) is 55.7 Å². The predicted molar refractivity (Wildman–Crippen MR) is 113 cm³/mol. The van der Waals surface area contributed by atoms with Crippen LogP contribution >= 0.6 is 0 Å². The van der Waals surface area contributed by atoms with Crippen molar-refractivity contribution in [1.29, 1.82) is 0 Å². The Hall–Kier alpha value is -4.73. The molecule has 1 aliphatic heterocycles. The lowest BCUT2D eigenvalue weighted by Crippen LogP contribution is -2.54. The van der Waals surface area contributed by atoms with Crippen molar-refractivity contribution < 1.29 is 28.5 Å². The number of carbonyl (C=O) groups excluding carboxylic acids is 3. The van der Waals surface area contributed by atoms with E-state index >= 15 is 0 Å². The Kier molecular flexibility index (Phi) is 5.25. The van der Waals surface area contributed by atoms with Gasteiger partial charge >= 0.3 is 6.03 Å². The number of nitrogens with one attached hydrogen (secondary N) is 1. The van der Waals surface area contributed by atoms with Gasteiger partial charge in [-0.15, -0.1) is 0 Å². The molecule has 2 aromatic carbocycles. The molecule has 3 aromatic rings. The van der Waals surface area contributed by atoms with E-state index in [0.29, 0.717) is 5.75 Å². The Balaban J connectivity index is 1.68. The number of nitrogens with zero attached hydrogens (tertiary/aromatic N) is 2. The third-order valence-corrected chi connectivity index (χ3v) is 4.71. The number of para-hydroxylation sites is 1. The van der Waals surface area contributed by atoms with Gasteiger partial charge in [0.2, 0.25) is 0 Å². The molecule has 1 saturated heterocycles. The van der Waals surface area contributed by atoms with Gasteiger partial charge in [-0.3, -0.25) is 25.0 Å². The van der Waals surface area contributed by atoms with E-state index < -0.39 is 22.8 Å². The fourth-order valence-corrected chi connectivity index (χ4v) is 3.18. The van der Waals surface area contributed by atoms with Gasteiger partial charge in [-0.2, -0.15) is 0 Å². The van der Waals surface area contributed by atoms with Gasteiger partial charge in [-0.25, -0.2) is 9.69 Å². The van der Waals surface area contributed by atoms with Crippen molar-refractivity contribution in [2.75, 3.05) is 12.0 Å². The monoisotopic (exact) mass is 433 g/mol. The zero-order chi connectivity index (χ0) is 22.8. The summed E-state index contributed by atoms with van der Waals surface area (Å²) in [5.41, 5.74) is 0.0102. The van der Waals surface area contributed by atoms with Gasteiger partial charge in [0, 0.05) is 6.07 Å². The summed E-state index contributed by atoms with van der Waals surface area (Å²) >= 11 is 0. The van der Waals surface area contributed by atoms with Gasteiger partial charge in [-0.05, 0) is 48.5 Å². The standard InChI is InChI=1S/C22H15N3O7/c1-31-14-8-6-13(7-9-14)24-21(27)17(20(26)23-22(24)28)12-15-10-11-19(32-15)16-4-2-3-5-18(16)25(29)30/h2-12H,1H3,(H,23,26,28)/b17-12-. The molecule has 2 heterocycles. The first-order chi connectivity index (χ1) is 15.4. The fraction of sp³-hybridized carbons (Fsp3) is 0.0455. The van der Waals surface area contributed by atoms with E-state index in [1.54, 1.807) is 18.2 Å². The van der Waals surface area contributed by atoms with Gasteiger partial charge in [-0.1, -0.05) is 12.1 Å². The summed E-state index contributed by atoms with van der Waals surface area (Å²) in [5.74, 6) is -0.888. The van der Waals surface area contributed by atoms with Crippen LogP contribution in [0.4, 0.5) is 16.2 Å². The highest BCUT2D eigenvalue weighted by Gasteiger charge is 2.37. The Labute approximate surface area is 180 Å². The molecule has 1 N–H and O–H groups in total. The van der Waals surface area contributed by atoms with Gasteiger partial charge in [0.25, 0.3) is 17.5 Å². The number of ether oxygens (including phenoxy) is 1. The Bertz CT molecular complexity index is 1270. The molecule has 4 amide bonds. The van der Waals surface area contributed by atoms with Crippen molar-refractivity contribution >= 4 is 35.3 Å². The first-order valence-corrected chi connectivity index (χ1v) is 9.28. The minimum absolute atomic E-state index is 0.112. The molecule has 4 rings (SSSR count). The maximum Gasteiger partial charge on any atom is 0.335 e. The maximum absolute atomic E-state index is 12.9. The van der Waals surface area contributed by atoms with E-state index in [-0.39, 0.29) is 34.0 Å². The fourth-order valence-electron chi connectivity index (χ4n) is 3.18. The summed E-state index contributed by atoms with van der Waals surface area (Å²) in [7, 11) is 1.48. The third-order valence-electron chi connectivity index (χ3n) is 4.71. The number of methoxy groups -OCH3 is 1. The summed E-state index contributed by atoms with van der Waals surface area (Å²) in [4.78, 5) is 49.1. The molecule has 160 valence electrons. The molecule has 0 unspecified atom stereocenters. The van der Waals surface area contributed by atoms with Crippen LogP contribution < -0.4 is 15.0 Å². The summed E-state index contributed by atoms with van der Waals surface area (Å²) in [6.07, 6.45) is 1.18. The third kappa shape index (κ3) is 3.72. The second-order valence-corrected chi connectivity index (χ2v) is 6.63. The summed E-state index contributed by atoms with van der Waals surface area (Å²) in [5, 5.41) is 13.4.